The van der Waals surface area contributed by atoms with Crippen LogP contribution in [0.5, 0.6) is 0 Å². The predicted octanol–water partition coefficient (Wildman–Crippen LogP) is 0.522. The largest absolute Gasteiger partial charge is 0.380 e. The van der Waals surface area contributed by atoms with Crippen LogP contribution in [0.25, 0.3) is 0 Å². The van der Waals surface area contributed by atoms with E-state index in [4.69, 9.17) is 10.6 Å². The van der Waals surface area contributed by atoms with Crippen molar-refractivity contribution in [3.63, 3.8) is 0 Å². The minimum Gasteiger partial charge on any atom is -0.380 e. The average molecular weight is 325 g/mol. The lowest BCUT2D eigenvalue weighted by Gasteiger charge is -2.28. The number of hydrogen-bond acceptors (Lipinski definition) is 5. The minimum atomic E-state index is -3.20. The number of nitrogens with two attached hydrogens (primary N) is 1. The predicted molar refractivity (Wildman–Crippen MR) is 82.4 cm³/mol. The second-order valence-corrected chi connectivity index (χ2v) is 7.17. The summed E-state index contributed by atoms with van der Waals surface area (Å²) in [4.78, 5) is 16.8. The number of hydrogen-bond donors (Lipinski definition) is 1. The highest BCUT2D eigenvalue weighted by molar-refractivity contribution is 7.88. The minimum absolute atomic E-state index is 0.127. The molecule has 1 heterocycles. The van der Waals surface area contributed by atoms with Gasteiger partial charge in [0.25, 0.3) is 0 Å². The van der Waals surface area contributed by atoms with Crippen LogP contribution in [-0.4, -0.2) is 43.9 Å². The quantitative estimate of drug-likeness (QED) is 0.376. The highest BCUT2D eigenvalue weighted by Gasteiger charge is 2.30. The van der Waals surface area contributed by atoms with E-state index in [-0.39, 0.29) is 11.8 Å². The van der Waals surface area contributed by atoms with Gasteiger partial charge in [-0.2, -0.15) is 0 Å². The second-order valence-electron chi connectivity index (χ2n) is 5.19. The van der Waals surface area contributed by atoms with E-state index in [1.54, 1.807) is 24.3 Å². The molecule has 1 aliphatic rings. The van der Waals surface area contributed by atoms with Crippen LogP contribution in [0, 0.1) is 5.92 Å². The lowest BCUT2D eigenvalue weighted by molar-refractivity contribution is -0.149. The zero-order valence-electron chi connectivity index (χ0n) is 12.3. The summed E-state index contributed by atoms with van der Waals surface area (Å²) in [5.41, 5.74) is 6.41. The number of carbonyl (C=O) groups excluding carboxylic acids is 1. The Morgan fingerprint density at radius 1 is 1.27 bits per heavy atom. The van der Waals surface area contributed by atoms with Crippen molar-refractivity contribution in [2.45, 2.75) is 12.8 Å². The van der Waals surface area contributed by atoms with Crippen LogP contribution in [0.2, 0.25) is 0 Å². The number of oxime groups is 1. The van der Waals surface area contributed by atoms with Crippen LogP contribution in [0.3, 0.4) is 0 Å². The van der Waals surface area contributed by atoms with Gasteiger partial charge in [-0.1, -0.05) is 35.5 Å². The van der Waals surface area contributed by atoms with Gasteiger partial charge in [0.05, 0.1) is 12.2 Å². The molecule has 0 radical (unpaired) electrons. The third kappa shape index (κ3) is 4.28. The Morgan fingerprint density at radius 2 is 1.86 bits per heavy atom. The maximum atomic E-state index is 11.9. The van der Waals surface area contributed by atoms with E-state index in [2.05, 4.69) is 5.16 Å². The Kier molecular flexibility index (Phi) is 5.15. The summed E-state index contributed by atoms with van der Waals surface area (Å²) in [5.74, 6) is -0.708. The Morgan fingerprint density at radius 3 is 2.41 bits per heavy atom. The van der Waals surface area contributed by atoms with Crippen molar-refractivity contribution in [1.82, 2.24) is 4.31 Å². The van der Waals surface area contributed by atoms with Gasteiger partial charge in [-0.3, -0.25) is 0 Å². The Labute approximate surface area is 129 Å². The topological polar surface area (TPSA) is 102 Å². The molecule has 8 heteroatoms. The molecule has 1 aliphatic heterocycles. The lowest BCUT2D eigenvalue weighted by atomic mass is 9.99. The number of carbonyl (C=O) groups is 1. The fourth-order valence-electron chi connectivity index (χ4n) is 2.25. The fraction of sp³-hybridized carbons (Fsp3) is 0.429. The number of benzene rings is 1. The molecule has 2 rings (SSSR count). The molecule has 0 unspecified atom stereocenters. The van der Waals surface area contributed by atoms with E-state index < -0.39 is 16.0 Å². The SMILES string of the molecule is CS(=O)(=O)N1CCC(C(=O)O/N=C(\N)c2ccccc2)CC1. The third-order valence-electron chi connectivity index (χ3n) is 3.56. The number of piperidine rings is 1. The Bertz CT molecular complexity index is 650. The molecule has 0 bridgehead atoms. The van der Waals surface area contributed by atoms with Gasteiger partial charge in [0.15, 0.2) is 5.84 Å². The van der Waals surface area contributed by atoms with Gasteiger partial charge >= 0.3 is 5.97 Å². The maximum Gasteiger partial charge on any atom is 0.338 e. The van der Waals surface area contributed by atoms with Crippen molar-refractivity contribution < 1.29 is 18.0 Å². The monoisotopic (exact) mass is 325 g/mol. The summed E-state index contributed by atoms with van der Waals surface area (Å²) < 4.78 is 24.2. The molecule has 0 amide bonds. The molecule has 0 atom stereocenters. The van der Waals surface area contributed by atoms with E-state index in [0.29, 0.717) is 31.5 Å². The summed E-state index contributed by atoms with van der Waals surface area (Å²) in [6.07, 6.45) is 2.01. The van der Waals surface area contributed by atoms with E-state index in [0.717, 1.165) is 6.26 Å². The maximum absolute atomic E-state index is 11.9. The molecule has 1 aromatic rings. The first-order valence-corrected chi connectivity index (χ1v) is 8.77. The molecular formula is C14H19N3O4S. The molecule has 7 nitrogen and oxygen atoms in total. The van der Waals surface area contributed by atoms with Gasteiger partial charge in [-0.15, -0.1) is 0 Å². The molecule has 1 saturated heterocycles. The van der Waals surface area contributed by atoms with Crippen LogP contribution in [0.1, 0.15) is 18.4 Å². The van der Waals surface area contributed by atoms with E-state index in [1.165, 1.54) is 4.31 Å². The van der Waals surface area contributed by atoms with Gasteiger partial charge < -0.3 is 10.6 Å². The highest BCUT2D eigenvalue weighted by atomic mass is 32.2. The third-order valence-corrected chi connectivity index (χ3v) is 4.86. The van der Waals surface area contributed by atoms with Crippen LogP contribution in [-0.2, 0) is 19.7 Å². The molecule has 0 aromatic heterocycles. The lowest BCUT2D eigenvalue weighted by Crippen LogP contribution is -2.39. The molecule has 0 aliphatic carbocycles. The highest BCUT2D eigenvalue weighted by Crippen LogP contribution is 2.20. The van der Waals surface area contributed by atoms with Crippen molar-refractivity contribution in [2.24, 2.45) is 16.8 Å². The van der Waals surface area contributed by atoms with Crippen molar-refractivity contribution in [2.75, 3.05) is 19.3 Å². The molecule has 0 spiro atoms. The van der Waals surface area contributed by atoms with Crippen LogP contribution < -0.4 is 5.73 Å². The molecule has 1 aromatic carbocycles. The second kappa shape index (κ2) is 6.89. The van der Waals surface area contributed by atoms with Gasteiger partial charge in [0.1, 0.15) is 0 Å². The zero-order chi connectivity index (χ0) is 16.2. The molecule has 2 N–H and O–H groups in total. The van der Waals surface area contributed by atoms with Crippen LogP contribution in [0.15, 0.2) is 35.5 Å². The van der Waals surface area contributed by atoms with Crippen LogP contribution in [0.4, 0.5) is 0 Å². The van der Waals surface area contributed by atoms with Crippen LogP contribution >= 0.6 is 0 Å². The number of rotatable bonds is 4. The van der Waals surface area contributed by atoms with E-state index in [1.807, 2.05) is 6.07 Å². The molecule has 0 saturated carbocycles. The summed E-state index contributed by atoms with van der Waals surface area (Å²) in [6.45, 7) is 0.632. The summed E-state index contributed by atoms with van der Waals surface area (Å²) in [6, 6.07) is 8.98. The summed E-state index contributed by atoms with van der Waals surface area (Å²) >= 11 is 0. The summed E-state index contributed by atoms with van der Waals surface area (Å²) in [7, 11) is -3.20. The van der Waals surface area contributed by atoms with Crippen molar-refractivity contribution >= 4 is 21.8 Å². The van der Waals surface area contributed by atoms with E-state index in [9.17, 15) is 13.2 Å². The first-order chi connectivity index (χ1) is 10.4. The normalized spacial score (nSPS) is 18.1. The molecule has 1 fully saturated rings. The standard InChI is InChI=1S/C14H19N3O4S/c1-22(19,20)17-9-7-12(8-10-17)14(18)21-16-13(15)11-5-3-2-4-6-11/h2-6,12H,7-10H2,1H3,(H2,15,16). The van der Waals surface area contributed by atoms with Crippen molar-refractivity contribution in [3.8, 4) is 0 Å². The molecular weight excluding hydrogens is 306 g/mol. The average Bonchev–Trinajstić information content (AvgIpc) is 2.52. The first kappa shape index (κ1) is 16.4. The van der Waals surface area contributed by atoms with Gasteiger partial charge in [0.2, 0.25) is 10.0 Å². The smallest absolute Gasteiger partial charge is 0.338 e. The summed E-state index contributed by atoms with van der Waals surface area (Å²) in [5, 5.41) is 3.65. The van der Waals surface area contributed by atoms with Gasteiger partial charge in [-0.25, -0.2) is 17.5 Å². The van der Waals surface area contributed by atoms with Gasteiger partial charge in [0, 0.05) is 18.7 Å². The van der Waals surface area contributed by atoms with Crippen molar-refractivity contribution in [3.05, 3.63) is 35.9 Å². The fourth-order valence-corrected chi connectivity index (χ4v) is 3.13. The number of nitrogens with zero attached hydrogens (tertiary/aromatic N) is 2. The first-order valence-electron chi connectivity index (χ1n) is 6.93. The molecule has 22 heavy (non-hydrogen) atoms. The van der Waals surface area contributed by atoms with E-state index >= 15 is 0 Å². The number of amidine groups is 1. The van der Waals surface area contributed by atoms with Crippen molar-refractivity contribution in [1.29, 1.82) is 0 Å². The zero-order valence-corrected chi connectivity index (χ0v) is 13.1. The number of sulfonamides is 1. The molecule has 120 valence electrons. The Balaban J connectivity index is 1.89. The van der Waals surface area contributed by atoms with Gasteiger partial charge in [-0.05, 0) is 12.8 Å². The Hall–Kier alpha value is -1.93.